The molecule has 0 amide bonds. The zero-order chi connectivity index (χ0) is 14.8. The Kier molecular flexibility index (Phi) is 8.31. The average Bonchev–Trinajstić information content (AvgIpc) is 2.81. The third-order valence-electron chi connectivity index (χ3n) is 4.04. The van der Waals surface area contributed by atoms with Crippen molar-refractivity contribution in [3.05, 3.63) is 0 Å². The summed E-state index contributed by atoms with van der Waals surface area (Å²) in [5.74, 6) is 0.0251. The van der Waals surface area contributed by atoms with Crippen molar-refractivity contribution >= 4 is 11.9 Å². The summed E-state index contributed by atoms with van der Waals surface area (Å²) in [6.45, 7) is 2.04. The van der Waals surface area contributed by atoms with Crippen LogP contribution in [0, 0.1) is 5.92 Å². The highest BCUT2D eigenvalue weighted by Gasteiger charge is 2.32. The highest BCUT2D eigenvalue weighted by molar-refractivity contribution is 5.74. The predicted octanol–water partition coefficient (Wildman–Crippen LogP) is 3.62. The molecule has 116 valence electrons. The van der Waals surface area contributed by atoms with Crippen LogP contribution in [-0.2, 0) is 19.1 Å². The number of hydrogen-bond acceptors (Lipinski definition) is 4. The van der Waals surface area contributed by atoms with Crippen molar-refractivity contribution in [3.63, 3.8) is 0 Å². The molecule has 20 heavy (non-hydrogen) atoms. The van der Waals surface area contributed by atoms with Crippen LogP contribution in [0.3, 0.4) is 0 Å². The molecule has 1 aliphatic heterocycles. The topological polar surface area (TPSA) is 52.6 Å². The van der Waals surface area contributed by atoms with Crippen LogP contribution in [0.4, 0.5) is 0 Å². The fourth-order valence-corrected chi connectivity index (χ4v) is 2.68. The summed E-state index contributed by atoms with van der Waals surface area (Å²) >= 11 is 0. The summed E-state index contributed by atoms with van der Waals surface area (Å²) in [6.07, 6.45) is 10.2. The molecule has 1 saturated heterocycles. The Morgan fingerprint density at radius 2 is 1.85 bits per heavy atom. The maximum Gasteiger partial charge on any atom is 0.309 e. The Morgan fingerprint density at radius 3 is 2.45 bits per heavy atom. The van der Waals surface area contributed by atoms with Crippen LogP contribution in [-0.4, -0.2) is 25.2 Å². The lowest BCUT2D eigenvalue weighted by atomic mass is 9.99. The van der Waals surface area contributed by atoms with Crippen molar-refractivity contribution in [2.75, 3.05) is 7.11 Å². The fraction of sp³-hybridized carbons (Fsp3) is 0.875. The molecule has 0 bridgehead atoms. The summed E-state index contributed by atoms with van der Waals surface area (Å²) in [6, 6.07) is 0. The van der Waals surface area contributed by atoms with Gasteiger partial charge in [0.2, 0.25) is 0 Å². The first kappa shape index (κ1) is 17.0. The molecular formula is C16H28O4. The zero-order valence-electron chi connectivity index (χ0n) is 12.9. The third kappa shape index (κ3) is 6.40. The van der Waals surface area contributed by atoms with Crippen LogP contribution in [0.1, 0.15) is 71.1 Å². The number of ether oxygens (including phenoxy) is 2. The second-order valence-corrected chi connectivity index (χ2v) is 5.64. The molecule has 0 radical (unpaired) electrons. The van der Waals surface area contributed by atoms with Gasteiger partial charge in [0.15, 0.2) is 0 Å². The van der Waals surface area contributed by atoms with Crippen LogP contribution in [0.2, 0.25) is 0 Å². The number of cyclic esters (lactones) is 1. The Bertz CT molecular complexity index is 301. The summed E-state index contributed by atoms with van der Waals surface area (Å²) in [7, 11) is 1.43. The van der Waals surface area contributed by atoms with Crippen molar-refractivity contribution in [1.29, 1.82) is 0 Å². The molecule has 1 fully saturated rings. The number of carbonyl (C=O) groups is 2. The van der Waals surface area contributed by atoms with Crippen LogP contribution >= 0.6 is 0 Å². The Labute approximate surface area is 122 Å². The van der Waals surface area contributed by atoms with E-state index in [1.807, 2.05) is 6.92 Å². The average molecular weight is 284 g/mol. The largest absolute Gasteiger partial charge is 0.469 e. The Balaban J connectivity index is 1.90. The summed E-state index contributed by atoms with van der Waals surface area (Å²) in [5.41, 5.74) is 0. The highest BCUT2D eigenvalue weighted by Crippen LogP contribution is 2.27. The van der Waals surface area contributed by atoms with Gasteiger partial charge in [-0.1, -0.05) is 32.6 Å². The smallest absolute Gasteiger partial charge is 0.309 e. The SMILES string of the molecule is CC[C@H]1C[C@@H](CCCCCCCCC(=O)OC)OC1=O. The van der Waals surface area contributed by atoms with E-state index in [4.69, 9.17) is 4.74 Å². The van der Waals surface area contributed by atoms with Gasteiger partial charge in [-0.25, -0.2) is 0 Å². The number of esters is 2. The molecule has 0 N–H and O–H groups in total. The molecule has 0 unspecified atom stereocenters. The Hall–Kier alpha value is -1.06. The first-order valence-corrected chi connectivity index (χ1v) is 7.94. The van der Waals surface area contributed by atoms with Crippen molar-refractivity contribution < 1.29 is 19.1 Å². The van der Waals surface area contributed by atoms with E-state index >= 15 is 0 Å². The zero-order valence-corrected chi connectivity index (χ0v) is 12.9. The van der Waals surface area contributed by atoms with E-state index in [-0.39, 0.29) is 24.0 Å². The lowest BCUT2D eigenvalue weighted by Gasteiger charge is -2.08. The number of unbranched alkanes of at least 4 members (excludes halogenated alkanes) is 5. The van der Waals surface area contributed by atoms with Crippen molar-refractivity contribution in [1.82, 2.24) is 0 Å². The standard InChI is InChI=1S/C16H28O4/c1-3-13-12-14(20-16(13)18)10-8-6-4-5-7-9-11-15(17)19-2/h13-14H,3-12H2,1-2H3/t13-,14+/m0/s1. The van der Waals surface area contributed by atoms with Gasteiger partial charge >= 0.3 is 11.9 Å². The molecule has 0 spiro atoms. The summed E-state index contributed by atoms with van der Waals surface area (Å²) in [4.78, 5) is 22.4. The fourth-order valence-electron chi connectivity index (χ4n) is 2.68. The predicted molar refractivity (Wildman–Crippen MR) is 77.2 cm³/mol. The van der Waals surface area contributed by atoms with Gasteiger partial charge < -0.3 is 9.47 Å². The molecule has 4 heteroatoms. The van der Waals surface area contributed by atoms with Gasteiger partial charge in [0.25, 0.3) is 0 Å². The quantitative estimate of drug-likeness (QED) is 0.454. The lowest BCUT2D eigenvalue weighted by Crippen LogP contribution is -2.06. The second-order valence-electron chi connectivity index (χ2n) is 5.64. The number of carbonyl (C=O) groups excluding carboxylic acids is 2. The van der Waals surface area contributed by atoms with Gasteiger partial charge in [-0.15, -0.1) is 0 Å². The molecule has 1 aliphatic rings. The van der Waals surface area contributed by atoms with E-state index in [0.717, 1.165) is 38.5 Å². The molecule has 0 aromatic rings. The van der Waals surface area contributed by atoms with E-state index in [1.54, 1.807) is 0 Å². The number of methoxy groups -OCH3 is 1. The second kappa shape index (κ2) is 9.78. The number of rotatable bonds is 10. The molecule has 4 nitrogen and oxygen atoms in total. The van der Waals surface area contributed by atoms with Gasteiger partial charge in [-0.05, 0) is 32.1 Å². The normalized spacial score (nSPS) is 21.8. The molecule has 1 rings (SSSR count). The van der Waals surface area contributed by atoms with Crippen LogP contribution in [0.5, 0.6) is 0 Å². The molecular weight excluding hydrogens is 256 g/mol. The van der Waals surface area contributed by atoms with Crippen LogP contribution < -0.4 is 0 Å². The lowest BCUT2D eigenvalue weighted by molar-refractivity contribution is -0.144. The molecule has 1 heterocycles. The summed E-state index contributed by atoms with van der Waals surface area (Å²) in [5, 5.41) is 0. The molecule has 0 aliphatic carbocycles. The highest BCUT2D eigenvalue weighted by atomic mass is 16.6. The van der Waals surface area contributed by atoms with E-state index < -0.39 is 0 Å². The van der Waals surface area contributed by atoms with Crippen LogP contribution in [0.25, 0.3) is 0 Å². The monoisotopic (exact) mass is 284 g/mol. The minimum Gasteiger partial charge on any atom is -0.469 e. The minimum absolute atomic E-state index is 0.000287. The first-order valence-electron chi connectivity index (χ1n) is 7.94. The molecule has 0 saturated carbocycles. The third-order valence-corrected chi connectivity index (χ3v) is 4.04. The molecule has 0 aromatic heterocycles. The molecule has 2 atom stereocenters. The van der Waals surface area contributed by atoms with Crippen molar-refractivity contribution in [3.8, 4) is 0 Å². The van der Waals surface area contributed by atoms with E-state index in [0.29, 0.717) is 6.42 Å². The first-order chi connectivity index (χ1) is 9.67. The van der Waals surface area contributed by atoms with E-state index in [2.05, 4.69) is 4.74 Å². The maximum absolute atomic E-state index is 11.4. The van der Waals surface area contributed by atoms with Gasteiger partial charge in [-0.2, -0.15) is 0 Å². The van der Waals surface area contributed by atoms with Gasteiger partial charge in [-0.3, -0.25) is 9.59 Å². The number of hydrogen-bond donors (Lipinski definition) is 0. The van der Waals surface area contributed by atoms with E-state index in [9.17, 15) is 9.59 Å². The summed E-state index contributed by atoms with van der Waals surface area (Å²) < 4.78 is 9.96. The van der Waals surface area contributed by atoms with Gasteiger partial charge in [0, 0.05) is 6.42 Å². The molecule has 0 aromatic carbocycles. The Morgan fingerprint density at radius 1 is 1.20 bits per heavy atom. The van der Waals surface area contributed by atoms with Gasteiger partial charge in [0.05, 0.1) is 13.0 Å². The van der Waals surface area contributed by atoms with E-state index in [1.165, 1.54) is 26.4 Å². The maximum atomic E-state index is 11.4. The van der Waals surface area contributed by atoms with Crippen LogP contribution in [0.15, 0.2) is 0 Å². The van der Waals surface area contributed by atoms with Crippen molar-refractivity contribution in [2.24, 2.45) is 5.92 Å². The minimum atomic E-state index is -0.112. The van der Waals surface area contributed by atoms with Gasteiger partial charge in [0.1, 0.15) is 6.10 Å². The van der Waals surface area contributed by atoms with Crippen molar-refractivity contribution in [2.45, 2.75) is 77.2 Å².